The highest BCUT2D eigenvalue weighted by Gasteiger charge is 2.32. The monoisotopic (exact) mass is 317 g/mol. The molecule has 2 aliphatic heterocycles. The summed E-state index contributed by atoms with van der Waals surface area (Å²) >= 11 is 0. The third-order valence-corrected chi connectivity index (χ3v) is 4.36. The van der Waals surface area contributed by atoms with Gasteiger partial charge in [-0.15, -0.1) is 0 Å². The number of hydrogen-bond acceptors (Lipinski definition) is 6. The van der Waals surface area contributed by atoms with E-state index >= 15 is 0 Å². The highest BCUT2D eigenvalue weighted by Crippen LogP contribution is 2.25. The molecule has 2 aliphatic rings. The minimum atomic E-state index is 0.0345. The van der Waals surface area contributed by atoms with Gasteiger partial charge in [-0.2, -0.15) is 10.1 Å². The number of rotatable bonds is 4. The van der Waals surface area contributed by atoms with Gasteiger partial charge in [-0.25, -0.2) is 4.79 Å². The lowest BCUT2D eigenvalue weighted by Crippen LogP contribution is -2.47. The molecule has 0 atom stereocenters. The fourth-order valence-electron chi connectivity index (χ4n) is 3.00. The van der Waals surface area contributed by atoms with Gasteiger partial charge in [0.2, 0.25) is 5.89 Å². The Balaban J connectivity index is 1.35. The maximum atomic E-state index is 12.0. The molecule has 0 bridgehead atoms. The van der Waals surface area contributed by atoms with Crippen molar-refractivity contribution >= 4 is 11.7 Å². The number of hydrogen-bond donors (Lipinski definition) is 0. The Morgan fingerprint density at radius 3 is 2.83 bits per heavy atom. The summed E-state index contributed by atoms with van der Waals surface area (Å²) in [6.07, 6.45) is 3.72. The zero-order valence-electron chi connectivity index (χ0n) is 13.2. The molecule has 9 heteroatoms. The molecule has 0 aromatic carbocycles. The van der Waals surface area contributed by atoms with E-state index in [4.69, 9.17) is 4.52 Å². The standard InChI is InChI=1S/C14H19N7O2/c1-10-16-13(17-23-10)9-19-6-12(7-19)21-8-11(5-15-21)20-4-3-18(2)14(20)22/h5,8,12H,3-4,6-7,9H2,1-2H3. The number of carbonyl (C=O) groups excluding carboxylic acids is 1. The Kier molecular flexibility index (Phi) is 3.29. The molecular formula is C14H19N7O2. The summed E-state index contributed by atoms with van der Waals surface area (Å²) in [6, 6.07) is 0.361. The largest absolute Gasteiger partial charge is 0.340 e. The van der Waals surface area contributed by atoms with Crippen molar-refractivity contribution in [3.8, 4) is 0 Å². The molecule has 2 aromatic heterocycles. The van der Waals surface area contributed by atoms with Crippen LogP contribution in [0.4, 0.5) is 10.5 Å². The number of amides is 2. The molecule has 2 fully saturated rings. The summed E-state index contributed by atoms with van der Waals surface area (Å²) in [6.45, 7) is 5.74. The highest BCUT2D eigenvalue weighted by atomic mass is 16.5. The second-order valence-electron chi connectivity index (χ2n) is 6.11. The van der Waals surface area contributed by atoms with Gasteiger partial charge in [0.05, 0.1) is 24.5 Å². The molecular weight excluding hydrogens is 298 g/mol. The fraction of sp³-hybridized carbons (Fsp3) is 0.571. The van der Waals surface area contributed by atoms with Gasteiger partial charge in [-0.1, -0.05) is 5.16 Å². The number of aromatic nitrogens is 4. The predicted octanol–water partition coefficient (Wildman–Crippen LogP) is 0.503. The molecule has 0 aliphatic carbocycles. The first kappa shape index (κ1) is 14.2. The van der Waals surface area contributed by atoms with E-state index in [0.29, 0.717) is 24.3 Å². The van der Waals surface area contributed by atoms with Crippen molar-refractivity contribution in [2.45, 2.75) is 19.5 Å². The van der Waals surface area contributed by atoms with Crippen LogP contribution < -0.4 is 4.90 Å². The summed E-state index contributed by atoms with van der Waals surface area (Å²) < 4.78 is 6.92. The van der Waals surface area contributed by atoms with Gasteiger partial charge in [-0.05, 0) is 0 Å². The van der Waals surface area contributed by atoms with E-state index in [2.05, 4.69) is 20.1 Å². The van der Waals surface area contributed by atoms with E-state index in [-0.39, 0.29) is 6.03 Å². The molecule has 4 rings (SSSR count). The summed E-state index contributed by atoms with van der Waals surface area (Å²) in [7, 11) is 1.82. The lowest BCUT2D eigenvalue weighted by molar-refractivity contribution is 0.0872. The fourth-order valence-corrected chi connectivity index (χ4v) is 3.00. The molecule has 0 saturated carbocycles. The minimum absolute atomic E-state index is 0.0345. The molecule has 0 radical (unpaired) electrons. The number of likely N-dealkylation sites (tertiary alicyclic amines) is 1. The Morgan fingerprint density at radius 1 is 1.35 bits per heavy atom. The average molecular weight is 317 g/mol. The third kappa shape index (κ3) is 2.56. The van der Waals surface area contributed by atoms with E-state index in [1.54, 1.807) is 22.9 Å². The van der Waals surface area contributed by atoms with E-state index in [1.165, 1.54) is 0 Å². The Hall–Kier alpha value is -2.42. The van der Waals surface area contributed by atoms with Crippen molar-refractivity contribution in [2.75, 3.05) is 38.1 Å². The average Bonchev–Trinajstić information content (AvgIpc) is 3.17. The quantitative estimate of drug-likeness (QED) is 0.817. The number of nitrogens with zero attached hydrogens (tertiary/aromatic N) is 7. The molecule has 4 heterocycles. The normalized spacial score (nSPS) is 19.7. The van der Waals surface area contributed by atoms with Crippen molar-refractivity contribution in [3.05, 3.63) is 24.1 Å². The first-order valence-corrected chi connectivity index (χ1v) is 7.68. The second-order valence-corrected chi connectivity index (χ2v) is 6.11. The molecule has 122 valence electrons. The highest BCUT2D eigenvalue weighted by molar-refractivity contribution is 5.93. The number of aryl methyl sites for hydroxylation is 1. The zero-order chi connectivity index (χ0) is 16.0. The van der Waals surface area contributed by atoms with Crippen molar-refractivity contribution in [2.24, 2.45) is 0 Å². The lowest BCUT2D eigenvalue weighted by atomic mass is 10.1. The number of anilines is 1. The van der Waals surface area contributed by atoms with Crippen LogP contribution in [-0.2, 0) is 6.54 Å². The summed E-state index contributed by atoms with van der Waals surface area (Å²) in [4.78, 5) is 21.9. The van der Waals surface area contributed by atoms with Gasteiger partial charge in [0, 0.05) is 46.3 Å². The molecule has 0 unspecified atom stereocenters. The topological polar surface area (TPSA) is 83.5 Å². The van der Waals surface area contributed by atoms with E-state index in [1.807, 2.05) is 17.9 Å². The van der Waals surface area contributed by atoms with Crippen LogP contribution in [-0.4, -0.2) is 69.0 Å². The summed E-state index contributed by atoms with van der Waals surface area (Å²) in [5.74, 6) is 1.31. The van der Waals surface area contributed by atoms with Crippen LogP contribution in [0.2, 0.25) is 0 Å². The molecule has 2 aromatic rings. The van der Waals surface area contributed by atoms with Crippen LogP contribution in [0.3, 0.4) is 0 Å². The molecule has 0 N–H and O–H groups in total. The SMILES string of the molecule is Cc1nc(CN2CC(n3cc(N4CCN(C)C4=O)cn3)C2)no1. The number of carbonyl (C=O) groups is 1. The van der Waals surface area contributed by atoms with Gasteiger partial charge in [0.15, 0.2) is 5.82 Å². The minimum Gasteiger partial charge on any atom is -0.340 e. The van der Waals surface area contributed by atoms with Crippen molar-refractivity contribution in [3.63, 3.8) is 0 Å². The van der Waals surface area contributed by atoms with Crippen molar-refractivity contribution in [1.82, 2.24) is 29.7 Å². The van der Waals surface area contributed by atoms with Crippen LogP contribution in [0.5, 0.6) is 0 Å². The Morgan fingerprint density at radius 2 is 2.17 bits per heavy atom. The second kappa shape index (κ2) is 5.34. The van der Waals surface area contributed by atoms with Crippen LogP contribution in [0.15, 0.2) is 16.9 Å². The first-order valence-electron chi connectivity index (χ1n) is 7.68. The summed E-state index contributed by atoms with van der Waals surface area (Å²) in [5, 5.41) is 8.32. The number of likely N-dealkylation sites (N-methyl/N-ethyl adjacent to an activating group) is 1. The van der Waals surface area contributed by atoms with Crippen LogP contribution in [0.1, 0.15) is 17.8 Å². The van der Waals surface area contributed by atoms with E-state index < -0.39 is 0 Å². The van der Waals surface area contributed by atoms with Gasteiger partial charge >= 0.3 is 6.03 Å². The van der Waals surface area contributed by atoms with Crippen LogP contribution in [0.25, 0.3) is 0 Å². The van der Waals surface area contributed by atoms with E-state index in [9.17, 15) is 4.79 Å². The van der Waals surface area contributed by atoms with Gasteiger partial charge in [0.25, 0.3) is 0 Å². The lowest BCUT2D eigenvalue weighted by Gasteiger charge is -2.38. The zero-order valence-corrected chi connectivity index (χ0v) is 13.2. The first-order chi connectivity index (χ1) is 11.1. The predicted molar refractivity (Wildman–Crippen MR) is 80.9 cm³/mol. The Labute approximate surface area is 133 Å². The molecule has 23 heavy (non-hydrogen) atoms. The Bertz CT molecular complexity index is 718. The third-order valence-electron chi connectivity index (χ3n) is 4.36. The molecule has 2 amide bonds. The molecule has 2 saturated heterocycles. The molecule has 9 nitrogen and oxygen atoms in total. The van der Waals surface area contributed by atoms with Crippen molar-refractivity contribution in [1.29, 1.82) is 0 Å². The van der Waals surface area contributed by atoms with Gasteiger partial charge < -0.3 is 9.42 Å². The van der Waals surface area contributed by atoms with Gasteiger partial charge in [-0.3, -0.25) is 14.5 Å². The van der Waals surface area contributed by atoms with Crippen LogP contribution >= 0.6 is 0 Å². The summed E-state index contributed by atoms with van der Waals surface area (Å²) in [5.41, 5.74) is 0.867. The number of urea groups is 1. The maximum absolute atomic E-state index is 12.0. The van der Waals surface area contributed by atoms with Crippen LogP contribution in [0, 0.1) is 6.92 Å². The smallest absolute Gasteiger partial charge is 0.324 e. The van der Waals surface area contributed by atoms with E-state index in [0.717, 1.165) is 31.9 Å². The molecule has 0 spiro atoms. The van der Waals surface area contributed by atoms with Crippen molar-refractivity contribution < 1.29 is 9.32 Å². The van der Waals surface area contributed by atoms with Gasteiger partial charge in [0.1, 0.15) is 0 Å². The maximum Gasteiger partial charge on any atom is 0.324 e.